The molecule has 0 saturated heterocycles. The van der Waals surface area contributed by atoms with Gasteiger partial charge in [0.15, 0.2) is 0 Å². The lowest BCUT2D eigenvalue weighted by molar-refractivity contribution is -0.137. The highest BCUT2D eigenvalue weighted by Crippen LogP contribution is 2.25. The van der Waals surface area contributed by atoms with Crippen LogP contribution in [0.15, 0.2) is 53.6 Å². The highest BCUT2D eigenvalue weighted by Gasteiger charge is 2.12. The first-order valence-electron chi connectivity index (χ1n) is 13.1. The summed E-state index contributed by atoms with van der Waals surface area (Å²) in [5.74, 6) is -0.741. The van der Waals surface area contributed by atoms with Gasteiger partial charge in [-0.25, -0.2) is 0 Å². The molecule has 1 aromatic rings. The van der Waals surface area contributed by atoms with Crippen molar-refractivity contribution in [1.82, 2.24) is 0 Å². The number of carboxylic acid groups (broad SMARTS) is 1. The lowest BCUT2D eigenvalue weighted by atomic mass is 9.91. The summed E-state index contributed by atoms with van der Waals surface area (Å²) in [6.45, 7) is 1.88. The van der Waals surface area contributed by atoms with Gasteiger partial charge >= 0.3 is 5.97 Å². The van der Waals surface area contributed by atoms with Gasteiger partial charge in [-0.05, 0) is 56.1 Å². The molecule has 0 aliphatic rings. The van der Waals surface area contributed by atoms with E-state index in [1.54, 1.807) is 0 Å². The van der Waals surface area contributed by atoms with E-state index >= 15 is 0 Å². The second-order valence-corrected chi connectivity index (χ2v) is 9.24. The molecule has 0 radical (unpaired) electrons. The van der Waals surface area contributed by atoms with E-state index in [0.29, 0.717) is 12.8 Å². The molecule has 0 bridgehead atoms. The Morgan fingerprint density at radius 1 is 0.912 bits per heavy atom. The third-order valence-electron chi connectivity index (χ3n) is 6.16. The molecule has 0 aromatic heterocycles. The highest BCUT2D eigenvalue weighted by molar-refractivity contribution is 5.66. The predicted octanol–water partition coefficient (Wildman–Crippen LogP) is 5.97. The molecule has 0 aliphatic heterocycles. The van der Waals surface area contributed by atoms with E-state index in [4.69, 9.17) is 5.11 Å². The van der Waals surface area contributed by atoms with E-state index in [-0.39, 0.29) is 13.0 Å². The SMILES string of the molecule is CCCCC[C@H](O)/C=C/C(CCc1ccccc1)=C(/CCCCCCCC(=O)O)C[C@H](O)CO. The summed E-state index contributed by atoms with van der Waals surface area (Å²) in [6, 6.07) is 10.3. The Bertz CT molecular complexity index is 710. The number of benzene rings is 1. The standard InChI is InChI=1S/C29H46O5/c1-2-3-8-16-27(31)21-20-25(19-18-24-13-9-7-10-14-24)26(22-28(32)23-30)15-11-5-4-6-12-17-29(33)34/h7,9-10,13-14,20-21,27-28,30-32H,2-6,8,11-12,15-19,22-23H2,1H3,(H,33,34)/b21-20+,26-25-/t27-,28-/m0/s1. The molecule has 0 spiro atoms. The number of hydrogen-bond acceptors (Lipinski definition) is 4. The molecule has 0 amide bonds. The molecule has 5 heteroatoms. The molecule has 1 rings (SSSR count). The fourth-order valence-electron chi connectivity index (χ4n) is 4.12. The predicted molar refractivity (Wildman–Crippen MR) is 139 cm³/mol. The first-order valence-corrected chi connectivity index (χ1v) is 13.1. The molecule has 0 aliphatic carbocycles. The van der Waals surface area contributed by atoms with Gasteiger partial charge in [0.2, 0.25) is 0 Å². The Morgan fingerprint density at radius 2 is 1.59 bits per heavy atom. The molecular weight excluding hydrogens is 428 g/mol. The van der Waals surface area contributed by atoms with Crippen molar-refractivity contribution in [2.75, 3.05) is 6.61 Å². The van der Waals surface area contributed by atoms with Crippen molar-refractivity contribution in [3.8, 4) is 0 Å². The van der Waals surface area contributed by atoms with Gasteiger partial charge in [0.1, 0.15) is 0 Å². The number of allylic oxidation sites excluding steroid dienone is 2. The van der Waals surface area contributed by atoms with Gasteiger partial charge in [0.25, 0.3) is 0 Å². The first kappa shape index (κ1) is 30.1. The van der Waals surface area contributed by atoms with Crippen LogP contribution in [0.3, 0.4) is 0 Å². The van der Waals surface area contributed by atoms with E-state index in [0.717, 1.165) is 81.8 Å². The van der Waals surface area contributed by atoms with Crippen molar-refractivity contribution in [2.45, 2.75) is 109 Å². The Hall–Kier alpha value is -1.95. The third kappa shape index (κ3) is 15.0. The lowest BCUT2D eigenvalue weighted by Gasteiger charge is -2.17. The topological polar surface area (TPSA) is 98.0 Å². The summed E-state index contributed by atoms with van der Waals surface area (Å²) in [6.07, 6.45) is 14.4. The van der Waals surface area contributed by atoms with E-state index in [1.165, 1.54) is 5.56 Å². The maximum Gasteiger partial charge on any atom is 0.303 e. The molecule has 5 nitrogen and oxygen atoms in total. The van der Waals surface area contributed by atoms with Crippen molar-refractivity contribution in [2.24, 2.45) is 0 Å². The molecule has 4 N–H and O–H groups in total. The second kappa shape index (κ2) is 19.4. The van der Waals surface area contributed by atoms with E-state index in [9.17, 15) is 20.1 Å². The minimum atomic E-state index is -0.792. The summed E-state index contributed by atoms with van der Waals surface area (Å²) in [7, 11) is 0. The number of hydrogen-bond donors (Lipinski definition) is 4. The van der Waals surface area contributed by atoms with Crippen molar-refractivity contribution in [1.29, 1.82) is 0 Å². The van der Waals surface area contributed by atoms with Gasteiger partial charge < -0.3 is 20.4 Å². The maximum atomic E-state index is 10.7. The molecule has 192 valence electrons. The summed E-state index contributed by atoms with van der Waals surface area (Å²) in [5, 5.41) is 38.8. The minimum Gasteiger partial charge on any atom is -0.481 e. The first-order chi connectivity index (χ1) is 16.5. The number of aliphatic hydroxyl groups excluding tert-OH is 3. The fourth-order valence-corrected chi connectivity index (χ4v) is 4.12. The van der Waals surface area contributed by atoms with E-state index in [2.05, 4.69) is 19.1 Å². The zero-order valence-electron chi connectivity index (χ0n) is 21.0. The van der Waals surface area contributed by atoms with Crippen LogP contribution in [0.5, 0.6) is 0 Å². The van der Waals surface area contributed by atoms with Gasteiger partial charge in [0.05, 0.1) is 18.8 Å². The number of aliphatic hydroxyl groups is 3. The lowest BCUT2D eigenvalue weighted by Crippen LogP contribution is -2.14. The normalized spacial score (nSPS) is 14.2. The quantitative estimate of drug-likeness (QED) is 0.138. The van der Waals surface area contributed by atoms with Crippen LogP contribution < -0.4 is 0 Å². The van der Waals surface area contributed by atoms with E-state index < -0.39 is 18.2 Å². The van der Waals surface area contributed by atoms with Crippen LogP contribution >= 0.6 is 0 Å². The summed E-state index contributed by atoms with van der Waals surface area (Å²) >= 11 is 0. The van der Waals surface area contributed by atoms with Crippen LogP contribution in [0.25, 0.3) is 0 Å². The molecule has 0 unspecified atom stereocenters. The third-order valence-corrected chi connectivity index (χ3v) is 6.16. The average molecular weight is 475 g/mol. The van der Waals surface area contributed by atoms with Crippen LogP contribution in [0.2, 0.25) is 0 Å². The number of aryl methyl sites for hydroxylation is 1. The number of unbranched alkanes of at least 4 members (excludes halogenated alkanes) is 6. The summed E-state index contributed by atoms with van der Waals surface area (Å²) in [5.41, 5.74) is 3.52. The average Bonchev–Trinajstić information content (AvgIpc) is 2.83. The van der Waals surface area contributed by atoms with Gasteiger partial charge in [-0.15, -0.1) is 0 Å². The van der Waals surface area contributed by atoms with Crippen molar-refractivity contribution in [3.63, 3.8) is 0 Å². The molecule has 0 heterocycles. The van der Waals surface area contributed by atoms with Crippen LogP contribution in [0.4, 0.5) is 0 Å². The smallest absolute Gasteiger partial charge is 0.303 e. The highest BCUT2D eigenvalue weighted by atomic mass is 16.4. The van der Waals surface area contributed by atoms with Gasteiger partial charge in [-0.3, -0.25) is 4.79 Å². The zero-order chi connectivity index (χ0) is 25.0. The van der Waals surface area contributed by atoms with Gasteiger partial charge in [0, 0.05) is 6.42 Å². The van der Waals surface area contributed by atoms with Crippen LogP contribution in [-0.2, 0) is 11.2 Å². The zero-order valence-corrected chi connectivity index (χ0v) is 21.0. The largest absolute Gasteiger partial charge is 0.481 e. The molecule has 1 aromatic carbocycles. The minimum absolute atomic E-state index is 0.225. The fraction of sp³-hybridized carbons (Fsp3) is 0.621. The van der Waals surface area contributed by atoms with E-state index in [1.807, 2.05) is 30.4 Å². The Labute approximate surface area is 206 Å². The van der Waals surface area contributed by atoms with Gasteiger partial charge in [-0.1, -0.05) is 93.5 Å². The monoisotopic (exact) mass is 474 g/mol. The number of aliphatic carboxylic acids is 1. The molecular formula is C29H46O5. The summed E-state index contributed by atoms with van der Waals surface area (Å²) in [4.78, 5) is 10.7. The van der Waals surface area contributed by atoms with Crippen LogP contribution in [0, 0.1) is 0 Å². The Kier molecular flexibility index (Phi) is 17.1. The number of carbonyl (C=O) groups is 1. The Balaban J connectivity index is 2.88. The number of carboxylic acids is 1. The summed E-state index contributed by atoms with van der Waals surface area (Å²) < 4.78 is 0. The van der Waals surface area contributed by atoms with Crippen molar-refractivity contribution < 1.29 is 25.2 Å². The molecule has 2 atom stereocenters. The van der Waals surface area contributed by atoms with Crippen LogP contribution in [-0.4, -0.2) is 45.2 Å². The maximum absolute atomic E-state index is 10.7. The Morgan fingerprint density at radius 3 is 2.24 bits per heavy atom. The molecule has 34 heavy (non-hydrogen) atoms. The number of rotatable bonds is 20. The van der Waals surface area contributed by atoms with Crippen molar-refractivity contribution in [3.05, 3.63) is 59.2 Å². The van der Waals surface area contributed by atoms with Crippen molar-refractivity contribution >= 4 is 5.97 Å². The molecule has 0 fully saturated rings. The van der Waals surface area contributed by atoms with Gasteiger partial charge in [-0.2, -0.15) is 0 Å². The van der Waals surface area contributed by atoms with Crippen LogP contribution in [0.1, 0.15) is 96.0 Å². The molecule has 0 saturated carbocycles. The second-order valence-electron chi connectivity index (χ2n) is 9.24.